The van der Waals surface area contributed by atoms with Gasteiger partial charge in [-0.3, -0.25) is 4.79 Å². The van der Waals surface area contributed by atoms with E-state index in [9.17, 15) is 18.0 Å². The van der Waals surface area contributed by atoms with Gasteiger partial charge >= 0.3 is 6.36 Å². The number of halogens is 3. The van der Waals surface area contributed by atoms with Crippen molar-refractivity contribution < 1.29 is 27.4 Å². The van der Waals surface area contributed by atoms with E-state index in [1.807, 2.05) is 32.0 Å². The fraction of sp³-hybridized carbons (Fsp3) is 0.150. The Morgan fingerprint density at radius 2 is 1.66 bits per heavy atom. The molecule has 0 saturated heterocycles. The van der Waals surface area contributed by atoms with Gasteiger partial charge in [-0.2, -0.15) is 0 Å². The van der Waals surface area contributed by atoms with E-state index in [1.165, 1.54) is 24.4 Å². The van der Waals surface area contributed by atoms with Crippen LogP contribution >= 0.6 is 0 Å². The summed E-state index contributed by atoms with van der Waals surface area (Å²) in [6, 6.07) is 10.7. The van der Waals surface area contributed by atoms with Gasteiger partial charge in [0.25, 0.3) is 5.91 Å². The van der Waals surface area contributed by atoms with Crippen LogP contribution in [0.3, 0.4) is 0 Å². The van der Waals surface area contributed by atoms with Gasteiger partial charge in [0, 0.05) is 11.9 Å². The Labute approximate surface area is 164 Å². The molecule has 3 aromatic rings. The quantitative estimate of drug-likeness (QED) is 0.646. The number of carbonyl (C=O) groups is 1. The number of hydrogen-bond donors (Lipinski definition) is 1. The van der Waals surface area contributed by atoms with Crippen LogP contribution in [0.4, 0.5) is 18.9 Å². The molecule has 0 fully saturated rings. The minimum Gasteiger partial charge on any atom is -0.434 e. The Morgan fingerprint density at radius 3 is 2.31 bits per heavy atom. The van der Waals surface area contributed by atoms with Crippen molar-refractivity contribution in [3.05, 3.63) is 71.7 Å². The Kier molecular flexibility index (Phi) is 5.67. The molecule has 0 aliphatic heterocycles. The van der Waals surface area contributed by atoms with Crippen LogP contribution in [0.1, 0.15) is 21.5 Å². The van der Waals surface area contributed by atoms with Gasteiger partial charge in [0.05, 0.1) is 0 Å². The summed E-state index contributed by atoms with van der Waals surface area (Å²) in [6.45, 7) is 3.68. The van der Waals surface area contributed by atoms with Crippen molar-refractivity contribution in [1.29, 1.82) is 0 Å². The molecule has 0 spiro atoms. The molecule has 1 aromatic heterocycles. The number of anilines is 1. The fourth-order valence-corrected chi connectivity index (χ4v) is 2.60. The third-order valence-electron chi connectivity index (χ3n) is 3.92. The first-order chi connectivity index (χ1) is 13.7. The van der Waals surface area contributed by atoms with E-state index in [1.54, 1.807) is 0 Å². The molecular formula is C20H16F3N3O3. The zero-order valence-electron chi connectivity index (χ0n) is 15.4. The van der Waals surface area contributed by atoms with E-state index in [4.69, 9.17) is 4.74 Å². The van der Waals surface area contributed by atoms with Crippen LogP contribution in [-0.2, 0) is 0 Å². The molecule has 0 aliphatic carbocycles. The lowest BCUT2D eigenvalue weighted by Gasteiger charge is -2.15. The lowest BCUT2D eigenvalue weighted by atomic mass is 10.1. The Balaban J connectivity index is 1.90. The maximum Gasteiger partial charge on any atom is 0.573 e. The molecule has 9 heteroatoms. The molecule has 0 bridgehead atoms. The molecule has 1 heterocycles. The van der Waals surface area contributed by atoms with Crippen molar-refractivity contribution in [2.45, 2.75) is 20.2 Å². The lowest BCUT2D eigenvalue weighted by molar-refractivity contribution is -0.275. The molecule has 0 atom stereocenters. The zero-order valence-corrected chi connectivity index (χ0v) is 15.4. The molecule has 0 unspecified atom stereocenters. The summed E-state index contributed by atoms with van der Waals surface area (Å²) < 4.78 is 47.3. The number of rotatable bonds is 5. The molecule has 0 saturated carbocycles. The maximum absolute atomic E-state index is 12.8. The first-order valence-electron chi connectivity index (χ1n) is 8.45. The highest BCUT2D eigenvalue weighted by atomic mass is 19.4. The van der Waals surface area contributed by atoms with Gasteiger partial charge in [0.15, 0.2) is 11.5 Å². The highest BCUT2D eigenvalue weighted by Crippen LogP contribution is 2.35. The average Bonchev–Trinajstić information content (AvgIpc) is 2.65. The van der Waals surface area contributed by atoms with Gasteiger partial charge in [-0.1, -0.05) is 30.3 Å². The van der Waals surface area contributed by atoms with Crippen molar-refractivity contribution in [1.82, 2.24) is 9.97 Å². The number of alkyl halides is 3. The molecule has 0 radical (unpaired) electrons. The smallest absolute Gasteiger partial charge is 0.434 e. The number of aromatic nitrogens is 2. The van der Waals surface area contributed by atoms with E-state index in [0.717, 1.165) is 23.5 Å². The number of carbonyl (C=O) groups excluding carboxylic acids is 1. The van der Waals surface area contributed by atoms with Crippen LogP contribution in [0, 0.1) is 13.8 Å². The van der Waals surface area contributed by atoms with Crippen molar-refractivity contribution in [3.63, 3.8) is 0 Å². The third-order valence-corrected chi connectivity index (χ3v) is 3.92. The topological polar surface area (TPSA) is 73.3 Å². The zero-order chi connectivity index (χ0) is 21.0. The third kappa shape index (κ3) is 5.01. The van der Waals surface area contributed by atoms with Crippen LogP contribution in [0.15, 0.2) is 55.0 Å². The van der Waals surface area contributed by atoms with Gasteiger partial charge in [0.1, 0.15) is 11.9 Å². The van der Waals surface area contributed by atoms with Crippen molar-refractivity contribution in [2.75, 3.05) is 5.32 Å². The molecule has 3 rings (SSSR count). The van der Waals surface area contributed by atoms with E-state index in [0.29, 0.717) is 5.69 Å². The van der Waals surface area contributed by atoms with Gasteiger partial charge in [-0.15, -0.1) is 13.2 Å². The Hall–Kier alpha value is -3.62. The number of hydrogen-bond acceptors (Lipinski definition) is 5. The van der Waals surface area contributed by atoms with Crippen LogP contribution in [-0.4, -0.2) is 22.2 Å². The van der Waals surface area contributed by atoms with Crippen LogP contribution < -0.4 is 14.8 Å². The minimum atomic E-state index is -4.90. The normalized spacial score (nSPS) is 11.1. The van der Waals surface area contributed by atoms with Crippen molar-refractivity contribution >= 4 is 11.6 Å². The number of nitrogens with one attached hydrogen (secondary N) is 1. The second-order valence-corrected chi connectivity index (χ2v) is 6.06. The highest BCUT2D eigenvalue weighted by Gasteiger charge is 2.32. The SMILES string of the molecule is Cc1cccc(C)c1NC(=O)c1cncnc1Oc1ccccc1OC(F)(F)F. The fourth-order valence-electron chi connectivity index (χ4n) is 2.60. The van der Waals surface area contributed by atoms with E-state index >= 15 is 0 Å². The Bertz CT molecular complexity index is 1020. The van der Waals surface area contributed by atoms with Gasteiger partial charge in [0.2, 0.25) is 5.88 Å². The molecule has 0 aliphatic rings. The van der Waals surface area contributed by atoms with E-state index in [2.05, 4.69) is 20.0 Å². The standard InChI is InChI=1S/C20H16F3N3O3/c1-12-6-5-7-13(2)17(12)26-18(27)14-10-24-11-25-19(14)28-15-8-3-4-9-16(15)29-20(21,22)23/h3-11H,1-2H3,(H,26,27). The van der Waals surface area contributed by atoms with Crippen molar-refractivity contribution in [3.8, 4) is 17.4 Å². The molecular weight excluding hydrogens is 387 g/mol. The summed E-state index contributed by atoms with van der Waals surface area (Å²) in [4.78, 5) is 20.5. The predicted octanol–water partition coefficient (Wildman–Crippen LogP) is 5.04. The highest BCUT2D eigenvalue weighted by molar-refractivity contribution is 6.06. The number of nitrogens with zero attached hydrogens (tertiary/aromatic N) is 2. The van der Waals surface area contributed by atoms with Gasteiger partial charge in [-0.25, -0.2) is 9.97 Å². The van der Waals surface area contributed by atoms with Crippen LogP contribution in [0.2, 0.25) is 0 Å². The van der Waals surface area contributed by atoms with Crippen LogP contribution in [0.5, 0.6) is 17.4 Å². The molecule has 6 nitrogen and oxygen atoms in total. The summed E-state index contributed by atoms with van der Waals surface area (Å²) in [6.07, 6.45) is -2.55. The predicted molar refractivity (Wildman–Crippen MR) is 99.1 cm³/mol. The summed E-state index contributed by atoms with van der Waals surface area (Å²) in [5.74, 6) is -1.57. The summed E-state index contributed by atoms with van der Waals surface area (Å²) in [7, 11) is 0. The first kappa shape index (κ1) is 20.1. The molecule has 1 amide bonds. The number of benzene rings is 2. The molecule has 1 N–H and O–H groups in total. The average molecular weight is 403 g/mol. The molecule has 29 heavy (non-hydrogen) atoms. The lowest BCUT2D eigenvalue weighted by Crippen LogP contribution is -2.18. The number of para-hydroxylation sites is 3. The Morgan fingerprint density at radius 1 is 1.00 bits per heavy atom. The number of aryl methyl sites for hydroxylation is 2. The molecule has 150 valence electrons. The van der Waals surface area contributed by atoms with Gasteiger partial charge < -0.3 is 14.8 Å². The largest absolute Gasteiger partial charge is 0.573 e. The second-order valence-electron chi connectivity index (χ2n) is 6.06. The molecule has 2 aromatic carbocycles. The van der Waals surface area contributed by atoms with E-state index < -0.39 is 18.0 Å². The number of amides is 1. The van der Waals surface area contributed by atoms with Crippen molar-refractivity contribution in [2.24, 2.45) is 0 Å². The minimum absolute atomic E-state index is 0.0445. The van der Waals surface area contributed by atoms with Crippen LogP contribution in [0.25, 0.3) is 0 Å². The maximum atomic E-state index is 12.8. The first-order valence-corrected chi connectivity index (χ1v) is 8.45. The van der Waals surface area contributed by atoms with E-state index in [-0.39, 0.29) is 17.2 Å². The summed E-state index contributed by atoms with van der Waals surface area (Å²) in [5, 5.41) is 2.76. The second kappa shape index (κ2) is 8.17. The number of ether oxygens (including phenoxy) is 2. The van der Waals surface area contributed by atoms with Gasteiger partial charge in [-0.05, 0) is 37.1 Å². The summed E-state index contributed by atoms with van der Waals surface area (Å²) >= 11 is 0. The monoisotopic (exact) mass is 403 g/mol. The summed E-state index contributed by atoms with van der Waals surface area (Å²) in [5.41, 5.74) is 2.27.